The number of thiophene rings is 1. The molecule has 94 valence electrons. The zero-order valence-corrected chi connectivity index (χ0v) is 11.4. The number of carboxylic acids is 1. The fourth-order valence-corrected chi connectivity index (χ4v) is 3.27. The second-order valence-electron chi connectivity index (χ2n) is 5.15. The van der Waals surface area contributed by atoms with E-state index in [9.17, 15) is 4.79 Å². The maximum Gasteiger partial charge on any atom is 0.345 e. The predicted octanol–water partition coefficient (Wildman–Crippen LogP) is 2.84. The van der Waals surface area contributed by atoms with Crippen LogP contribution in [0.4, 0.5) is 0 Å². The number of nitrogens with zero attached hydrogens (tertiary/aromatic N) is 1. The fourth-order valence-electron chi connectivity index (χ4n) is 2.40. The quantitative estimate of drug-likeness (QED) is 0.900. The summed E-state index contributed by atoms with van der Waals surface area (Å²) in [5.41, 5.74) is 1.17. The van der Waals surface area contributed by atoms with Crippen LogP contribution < -0.4 is 0 Å². The monoisotopic (exact) mass is 253 g/mol. The first-order valence-electron chi connectivity index (χ1n) is 6.02. The van der Waals surface area contributed by atoms with E-state index in [0.717, 1.165) is 36.3 Å². The van der Waals surface area contributed by atoms with Crippen LogP contribution in [0.2, 0.25) is 0 Å². The molecule has 2 unspecified atom stereocenters. The smallest absolute Gasteiger partial charge is 0.345 e. The van der Waals surface area contributed by atoms with Gasteiger partial charge in [0.25, 0.3) is 0 Å². The minimum atomic E-state index is -0.812. The molecule has 1 saturated heterocycles. The second kappa shape index (κ2) is 4.78. The van der Waals surface area contributed by atoms with Crippen LogP contribution in [0.1, 0.15) is 34.0 Å². The van der Waals surface area contributed by atoms with Gasteiger partial charge in [0.15, 0.2) is 0 Å². The Morgan fingerprint density at radius 2 is 2.06 bits per heavy atom. The van der Waals surface area contributed by atoms with Gasteiger partial charge in [0.1, 0.15) is 4.88 Å². The van der Waals surface area contributed by atoms with Crippen LogP contribution in [-0.4, -0.2) is 29.1 Å². The predicted molar refractivity (Wildman–Crippen MR) is 69.6 cm³/mol. The lowest BCUT2D eigenvalue weighted by atomic mass is 10.0. The lowest BCUT2D eigenvalue weighted by Gasteiger charge is -2.14. The Kier molecular flexibility index (Phi) is 3.54. The number of carboxylic acid groups (broad SMARTS) is 1. The standard InChI is InChI=1S/C13H19NO2S/c1-8-5-14(6-9(8)2)7-11-4-12(13(15)16)17-10(11)3/h4,8-9H,5-7H2,1-3H3,(H,15,16). The number of carbonyl (C=O) groups is 1. The highest BCUT2D eigenvalue weighted by atomic mass is 32.1. The molecule has 1 fully saturated rings. The lowest BCUT2D eigenvalue weighted by molar-refractivity contribution is 0.0702. The van der Waals surface area contributed by atoms with Crippen LogP contribution in [0, 0.1) is 18.8 Å². The van der Waals surface area contributed by atoms with Crippen molar-refractivity contribution < 1.29 is 9.90 Å². The van der Waals surface area contributed by atoms with Crippen molar-refractivity contribution in [3.05, 3.63) is 21.4 Å². The van der Waals surface area contributed by atoms with Crippen molar-refractivity contribution in [3.63, 3.8) is 0 Å². The van der Waals surface area contributed by atoms with E-state index < -0.39 is 5.97 Å². The zero-order valence-electron chi connectivity index (χ0n) is 10.6. The van der Waals surface area contributed by atoms with Crippen molar-refractivity contribution in [2.45, 2.75) is 27.3 Å². The molecular weight excluding hydrogens is 234 g/mol. The van der Waals surface area contributed by atoms with E-state index in [1.807, 2.05) is 13.0 Å². The molecule has 2 heterocycles. The van der Waals surface area contributed by atoms with Crippen molar-refractivity contribution in [1.82, 2.24) is 4.90 Å². The van der Waals surface area contributed by atoms with E-state index in [1.165, 1.54) is 16.9 Å². The van der Waals surface area contributed by atoms with Crippen molar-refractivity contribution in [3.8, 4) is 0 Å². The molecular formula is C13H19NO2S. The molecule has 0 radical (unpaired) electrons. The Labute approximate surface area is 106 Å². The Morgan fingerprint density at radius 1 is 1.47 bits per heavy atom. The maximum atomic E-state index is 10.9. The van der Waals surface area contributed by atoms with E-state index in [1.54, 1.807) is 0 Å². The van der Waals surface area contributed by atoms with Gasteiger partial charge in [0.05, 0.1) is 0 Å². The molecule has 17 heavy (non-hydrogen) atoms. The van der Waals surface area contributed by atoms with Gasteiger partial charge in [0, 0.05) is 24.5 Å². The Hall–Kier alpha value is -0.870. The van der Waals surface area contributed by atoms with Crippen molar-refractivity contribution in [2.24, 2.45) is 11.8 Å². The number of rotatable bonds is 3. The Morgan fingerprint density at radius 3 is 2.53 bits per heavy atom. The Balaban J connectivity index is 2.06. The molecule has 0 aliphatic carbocycles. The van der Waals surface area contributed by atoms with Gasteiger partial charge in [-0.25, -0.2) is 4.79 Å². The van der Waals surface area contributed by atoms with Gasteiger partial charge in [-0.15, -0.1) is 11.3 Å². The van der Waals surface area contributed by atoms with Gasteiger partial charge < -0.3 is 5.11 Å². The topological polar surface area (TPSA) is 40.5 Å². The van der Waals surface area contributed by atoms with E-state index >= 15 is 0 Å². The number of likely N-dealkylation sites (tertiary alicyclic amines) is 1. The molecule has 0 saturated carbocycles. The number of aromatic carboxylic acids is 1. The summed E-state index contributed by atoms with van der Waals surface area (Å²) in [4.78, 5) is 14.9. The average molecular weight is 253 g/mol. The Bertz CT molecular complexity index is 417. The van der Waals surface area contributed by atoms with Gasteiger partial charge in [-0.05, 0) is 30.4 Å². The molecule has 0 aromatic carbocycles. The molecule has 1 aromatic heterocycles. The highest BCUT2D eigenvalue weighted by molar-refractivity contribution is 7.14. The highest BCUT2D eigenvalue weighted by Crippen LogP contribution is 2.27. The molecule has 3 nitrogen and oxygen atoms in total. The van der Waals surface area contributed by atoms with Gasteiger partial charge in [0.2, 0.25) is 0 Å². The third-order valence-electron chi connectivity index (χ3n) is 3.69. The van der Waals surface area contributed by atoms with Gasteiger partial charge in [-0.3, -0.25) is 4.90 Å². The fraction of sp³-hybridized carbons (Fsp3) is 0.615. The normalized spacial score (nSPS) is 25.4. The SMILES string of the molecule is Cc1sc(C(=O)O)cc1CN1CC(C)C(C)C1. The van der Waals surface area contributed by atoms with E-state index in [-0.39, 0.29) is 0 Å². The van der Waals surface area contributed by atoms with Crippen LogP contribution in [0.3, 0.4) is 0 Å². The van der Waals surface area contributed by atoms with E-state index in [4.69, 9.17) is 5.11 Å². The van der Waals surface area contributed by atoms with Crippen molar-refractivity contribution in [2.75, 3.05) is 13.1 Å². The lowest BCUT2D eigenvalue weighted by Crippen LogP contribution is -2.20. The van der Waals surface area contributed by atoms with Gasteiger partial charge >= 0.3 is 5.97 Å². The highest BCUT2D eigenvalue weighted by Gasteiger charge is 2.26. The van der Waals surface area contributed by atoms with Crippen molar-refractivity contribution >= 4 is 17.3 Å². The van der Waals surface area contributed by atoms with Crippen LogP contribution in [0.25, 0.3) is 0 Å². The summed E-state index contributed by atoms with van der Waals surface area (Å²) >= 11 is 1.38. The summed E-state index contributed by atoms with van der Waals surface area (Å²) < 4.78 is 0. The molecule has 4 heteroatoms. The minimum absolute atomic E-state index is 0.456. The first kappa shape index (κ1) is 12.6. The number of aryl methyl sites for hydroxylation is 1. The molecule has 2 rings (SSSR count). The van der Waals surface area contributed by atoms with Crippen LogP contribution in [0.5, 0.6) is 0 Å². The molecule has 0 bridgehead atoms. The molecule has 0 amide bonds. The van der Waals surface area contributed by atoms with Crippen LogP contribution in [0.15, 0.2) is 6.07 Å². The summed E-state index contributed by atoms with van der Waals surface area (Å²) in [5, 5.41) is 8.96. The summed E-state index contributed by atoms with van der Waals surface area (Å²) in [6.45, 7) is 9.72. The minimum Gasteiger partial charge on any atom is -0.477 e. The molecule has 1 N–H and O–H groups in total. The maximum absolute atomic E-state index is 10.9. The molecule has 0 spiro atoms. The summed E-state index contributed by atoms with van der Waals surface area (Å²) in [7, 11) is 0. The first-order valence-corrected chi connectivity index (χ1v) is 6.84. The third kappa shape index (κ3) is 2.69. The molecule has 1 aliphatic rings. The van der Waals surface area contributed by atoms with Crippen LogP contribution >= 0.6 is 11.3 Å². The van der Waals surface area contributed by atoms with Gasteiger partial charge in [-0.2, -0.15) is 0 Å². The molecule has 2 atom stereocenters. The van der Waals surface area contributed by atoms with Crippen LogP contribution in [-0.2, 0) is 6.54 Å². The second-order valence-corrected chi connectivity index (χ2v) is 6.40. The number of hydrogen-bond donors (Lipinski definition) is 1. The molecule has 1 aliphatic heterocycles. The first-order chi connectivity index (χ1) is 7.97. The summed E-state index contributed by atoms with van der Waals surface area (Å²) in [6, 6.07) is 1.83. The van der Waals surface area contributed by atoms with E-state index in [2.05, 4.69) is 18.7 Å². The van der Waals surface area contributed by atoms with Gasteiger partial charge in [-0.1, -0.05) is 13.8 Å². The third-order valence-corrected chi connectivity index (χ3v) is 4.77. The largest absolute Gasteiger partial charge is 0.477 e. The van der Waals surface area contributed by atoms with Crippen molar-refractivity contribution in [1.29, 1.82) is 0 Å². The summed E-state index contributed by atoms with van der Waals surface area (Å²) in [6.07, 6.45) is 0. The summed E-state index contributed by atoms with van der Waals surface area (Å²) in [5.74, 6) is 0.674. The van der Waals surface area contributed by atoms with E-state index in [0.29, 0.717) is 4.88 Å². The number of hydrogen-bond acceptors (Lipinski definition) is 3. The molecule has 1 aromatic rings. The zero-order chi connectivity index (χ0) is 12.6. The average Bonchev–Trinajstić information content (AvgIpc) is 2.73.